The van der Waals surface area contributed by atoms with Crippen molar-refractivity contribution in [1.82, 2.24) is 10.2 Å². The van der Waals surface area contributed by atoms with E-state index in [1.54, 1.807) is 38.4 Å². The van der Waals surface area contributed by atoms with E-state index in [2.05, 4.69) is 19.2 Å². The van der Waals surface area contributed by atoms with Gasteiger partial charge in [-0.05, 0) is 31.4 Å². The van der Waals surface area contributed by atoms with Crippen molar-refractivity contribution in [2.24, 2.45) is 5.92 Å². The Bertz CT molecular complexity index is 541. The maximum absolute atomic E-state index is 12.5. The van der Waals surface area contributed by atoms with Crippen LogP contribution in [0.2, 0.25) is 0 Å². The van der Waals surface area contributed by atoms with E-state index in [1.165, 1.54) is 4.90 Å². The lowest BCUT2D eigenvalue weighted by Crippen LogP contribution is -2.33. The quantitative estimate of drug-likeness (QED) is 0.755. The van der Waals surface area contributed by atoms with Crippen molar-refractivity contribution in [3.63, 3.8) is 0 Å². The van der Waals surface area contributed by atoms with Crippen molar-refractivity contribution in [3.05, 3.63) is 29.8 Å². The summed E-state index contributed by atoms with van der Waals surface area (Å²) in [7, 11) is 3.34. The smallest absolute Gasteiger partial charge is 0.259 e. The molecule has 0 aromatic heterocycles. The molecule has 0 bridgehead atoms. The molecule has 0 saturated heterocycles. The number of nitrogens with one attached hydrogen (secondary N) is 1. The highest BCUT2D eigenvalue weighted by Crippen LogP contribution is 2.18. The number of nitrogens with zero attached hydrogens (tertiary/aromatic N) is 1. The zero-order valence-electron chi connectivity index (χ0n) is 15.5. The molecule has 0 spiro atoms. The van der Waals surface area contributed by atoms with Crippen molar-refractivity contribution in [3.8, 4) is 5.75 Å². The highest BCUT2D eigenvalue weighted by atomic mass is 16.5. The molecule has 1 atom stereocenters. The summed E-state index contributed by atoms with van der Waals surface area (Å²) in [4.78, 5) is 25.6. The molecule has 0 radical (unpaired) electrons. The molecule has 0 heterocycles. The van der Waals surface area contributed by atoms with E-state index in [0.717, 1.165) is 19.3 Å². The lowest BCUT2D eigenvalue weighted by molar-refractivity contribution is -0.130. The lowest BCUT2D eigenvalue weighted by Gasteiger charge is -2.17. The molecule has 0 saturated carbocycles. The summed E-state index contributed by atoms with van der Waals surface area (Å²) in [5.74, 6) is 0.794. The normalized spacial score (nSPS) is 11.9. The van der Waals surface area contributed by atoms with Gasteiger partial charge in [0.25, 0.3) is 11.8 Å². The minimum atomic E-state index is -0.167. The lowest BCUT2D eigenvalue weighted by atomic mass is 10.0. The first-order chi connectivity index (χ1) is 11.3. The minimum absolute atomic E-state index is 0.0821. The molecule has 1 aromatic rings. The minimum Gasteiger partial charge on any atom is -0.483 e. The zero-order valence-corrected chi connectivity index (χ0v) is 15.5. The third-order valence-corrected chi connectivity index (χ3v) is 3.78. The Balaban J connectivity index is 2.62. The van der Waals surface area contributed by atoms with Crippen LogP contribution >= 0.6 is 0 Å². The summed E-state index contributed by atoms with van der Waals surface area (Å²) < 4.78 is 5.52. The first kappa shape index (κ1) is 20.0. The van der Waals surface area contributed by atoms with Gasteiger partial charge in [0, 0.05) is 20.1 Å². The van der Waals surface area contributed by atoms with Crippen LogP contribution in [0.25, 0.3) is 0 Å². The van der Waals surface area contributed by atoms with Gasteiger partial charge in [-0.1, -0.05) is 38.8 Å². The Labute approximate surface area is 145 Å². The number of carbonyl (C=O) groups excluding carboxylic acids is 2. The van der Waals surface area contributed by atoms with Gasteiger partial charge in [0.2, 0.25) is 0 Å². The second kappa shape index (κ2) is 9.96. The SMILES string of the molecule is CC(C)CCC[C@H](C)NC(=O)c1ccccc1OCC(=O)N(C)C. The number of rotatable bonds is 9. The highest BCUT2D eigenvalue weighted by Gasteiger charge is 2.15. The fourth-order valence-corrected chi connectivity index (χ4v) is 2.25. The molecular weight excluding hydrogens is 304 g/mol. The van der Waals surface area contributed by atoms with Gasteiger partial charge in [-0.25, -0.2) is 0 Å². The Kier molecular flexibility index (Phi) is 8.30. The van der Waals surface area contributed by atoms with Crippen LogP contribution in [0.4, 0.5) is 0 Å². The number of para-hydroxylation sites is 1. The van der Waals surface area contributed by atoms with Gasteiger partial charge in [-0.2, -0.15) is 0 Å². The van der Waals surface area contributed by atoms with Crippen LogP contribution in [0, 0.1) is 5.92 Å². The van der Waals surface area contributed by atoms with Gasteiger partial charge in [-0.3, -0.25) is 9.59 Å². The maximum atomic E-state index is 12.5. The molecule has 1 N–H and O–H groups in total. The van der Waals surface area contributed by atoms with E-state index in [1.807, 2.05) is 6.92 Å². The average Bonchev–Trinajstić information content (AvgIpc) is 2.52. The Morgan fingerprint density at radius 3 is 2.42 bits per heavy atom. The zero-order chi connectivity index (χ0) is 18.1. The first-order valence-electron chi connectivity index (χ1n) is 8.54. The van der Waals surface area contributed by atoms with Crippen LogP contribution in [0.1, 0.15) is 50.4 Å². The van der Waals surface area contributed by atoms with E-state index < -0.39 is 0 Å². The second-order valence-electron chi connectivity index (χ2n) is 6.77. The summed E-state index contributed by atoms with van der Waals surface area (Å²) in [5.41, 5.74) is 0.458. The molecule has 0 fully saturated rings. The van der Waals surface area contributed by atoms with E-state index in [9.17, 15) is 9.59 Å². The molecule has 1 aromatic carbocycles. The predicted molar refractivity (Wildman–Crippen MR) is 96.2 cm³/mol. The molecule has 5 heteroatoms. The fraction of sp³-hybridized carbons (Fsp3) is 0.579. The molecule has 5 nitrogen and oxygen atoms in total. The van der Waals surface area contributed by atoms with Crippen LogP contribution in [-0.4, -0.2) is 43.5 Å². The van der Waals surface area contributed by atoms with Gasteiger partial charge >= 0.3 is 0 Å². The fourth-order valence-electron chi connectivity index (χ4n) is 2.25. The van der Waals surface area contributed by atoms with E-state index in [4.69, 9.17) is 4.74 Å². The summed E-state index contributed by atoms with van der Waals surface area (Å²) in [6.45, 7) is 6.33. The van der Waals surface area contributed by atoms with E-state index in [-0.39, 0.29) is 24.5 Å². The number of hydrogen-bond donors (Lipinski definition) is 1. The number of amides is 2. The molecule has 134 valence electrons. The van der Waals surface area contributed by atoms with Crippen molar-refractivity contribution >= 4 is 11.8 Å². The highest BCUT2D eigenvalue weighted by molar-refractivity contribution is 5.97. The van der Waals surface area contributed by atoms with Crippen LogP contribution in [0.3, 0.4) is 0 Å². The second-order valence-corrected chi connectivity index (χ2v) is 6.77. The van der Waals surface area contributed by atoms with Crippen LogP contribution < -0.4 is 10.1 Å². The molecule has 1 rings (SSSR count). The number of benzene rings is 1. The number of hydrogen-bond acceptors (Lipinski definition) is 3. The largest absolute Gasteiger partial charge is 0.483 e. The standard InChI is InChI=1S/C19H30N2O3/c1-14(2)9-8-10-15(3)20-19(23)16-11-6-7-12-17(16)24-13-18(22)21(4)5/h6-7,11-12,14-15H,8-10,13H2,1-5H3,(H,20,23)/t15-/m0/s1. The van der Waals surface area contributed by atoms with Crippen LogP contribution in [0.15, 0.2) is 24.3 Å². The average molecular weight is 334 g/mol. The molecule has 2 amide bonds. The van der Waals surface area contributed by atoms with E-state index in [0.29, 0.717) is 17.2 Å². The third kappa shape index (κ3) is 7.02. The Morgan fingerprint density at radius 2 is 1.79 bits per heavy atom. The topological polar surface area (TPSA) is 58.6 Å². The van der Waals surface area contributed by atoms with Crippen LogP contribution in [-0.2, 0) is 4.79 Å². The molecule has 0 aliphatic rings. The summed E-state index contributed by atoms with van der Waals surface area (Å²) in [6, 6.07) is 7.11. The van der Waals surface area contributed by atoms with E-state index >= 15 is 0 Å². The Hall–Kier alpha value is -2.04. The van der Waals surface area contributed by atoms with Gasteiger partial charge in [0.1, 0.15) is 5.75 Å². The van der Waals surface area contributed by atoms with Crippen molar-refractivity contribution < 1.29 is 14.3 Å². The van der Waals surface area contributed by atoms with Crippen molar-refractivity contribution in [2.75, 3.05) is 20.7 Å². The van der Waals surface area contributed by atoms with Gasteiger partial charge < -0.3 is 15.0 Å². The number of ether oxygens (including phenoxy) is 1. The number of carbonyl (C=O) groups is 2. The molecule has 0 unspecified atom stereocenters. The molecule has 24 heavy (non-hydrogen) atoms. The first-order valence-corrected chi connectivity index (χ1v) is 8.54. The predicted octanol–water partition coefficient (Wildman–Crippen LogP) is 3.10. The van der Waals surface area contributed by atoms with Crippen molar-refractivity contribution in [2.45, 2.75) is 46.1 Å². The van der Waals surface area contributed by atoms with Crippen LogP contribution in [0.5, 0.6) is 5.75 Å². The maximum Gasteiger partial charge on any atom is 0.259 e. The van der Waals surface area contributed by atoms with Gasteiger partial charge in [0.15, 0.2) is 6.61 Å². The Morgan fingerprint density at radius 1 is 1.12 bits per heavy atom. The van der Waals surface area contributed by atoms with Gasteiger partial charge in [-0.15, -0.1) is 0 Å². The number of likely N-dealkylation sites (N-methyl/N-ethyl adjacent to an activating group) is 1. The summed E-state index contributed by atoms with van der Waals surface area (Å²) in [6.07, 6.45) is 3.20. The molecule has 0 aliphatic heterocycles. The molecular formula is C19H30N2O3. The van der Waals surface area contributed by atoms with Crippen molar-refractivity contribution in [1.29, 1.82) is 0 Å². The monoisotopic (exact) mass is 334 g/mol. The molecule has 0 aliphatic carbocycles. The summed E-state index contributed by atoms with van der Waals surface area (Å²) >= 11 is 0. The summed E-state index contributed by atoms with van der Waals surface area (Å²) in [5, 5.41) is 3.01. The third-order valence-electron chi connectivity index (χ3n) is 3.78. The van der Waals surface area contributed by atoms with Gasteiger partial charge in [0.05, 0.1) is 5.56 Å².